The molecule has 5 heteroatoms. The molecule has 0 saturated heterocycles. The van der Waals surface area contributed by atoms with Gasteiger partial charge in [0.25, 0.3) is 0 Å². The number of hydrogen-bond acceptors (Lipinski definition) is 2. The summed E-state index contributed by atoms with van der Waals surface area (Å²) in [7, 11) is 0. The van der Waals surface area contributed by atoms with Crippen molar-refractivity contribution in [1.29, 1.82) is 0 Å². The first-order valence-corrected chi connectivity index (χ1v) is 12.6. The molecule has 1 aromatic heterocycles. The van der Waals surface area contributed by atoms with Crippen molar-refractivity contribution in [3.8, 4) is 28.1 Å². The molecule has 0 radical (unpaired) electrons. The molecule has 6 rings (SSSR count). The second-order valence-electron chi connectivity index (χ2n) is 10.2. The van der Waals surface area contributed by atoms with Gasteiger partial charge in [-0.3, -0.25) is 0 Å². The summed E-state index contributed by atoms with van der Waals surface area (Å²) in [4.78, 5) is 16.4. The lowest BCUT2D eigenvalue weighted by molar-refractivity contribution is -0.121. The molecule has 4 nitrogen and oxygen atoms in total. The van der Waals surface area contributed by atoms with Crippen molar-refractivity contribution in [3.63, 3.8) is 0 Å². The van der Waals surface area contributed by atoms with Gasteiger partial charge in [0.1, 0.15) is 5.82 Å². The first-order chi connectivity index (χ1) is 17.9. The van der Waals surface area contributed by atoms with Gasteiger partial charge in [0.05, 0.1) is 23.6 Å². The number of hydrogen-bond donors (Lipinski definition) is 0. The Hall–Kier alpha value is -4.30. The Kier molecular flexibility index (Phi) is 5.42. The lowest BCUT2D eigenvalue weighted by Gasteiger charge is -2.44. The van der Waals surface area contributed by atoms with E-state index < -0.39 is 5.41 Å². The Morgan fingerprint density at radius 1 is 1.00 bits per heavy atom. The number of carbonyl (C=O) groups is 1. The zero-order valence-corrected chi connectivity index (χ0v) is 20.8. The predicted octanol–water partition coefficient (Wildman–Crippen LogP) is 7.19. The van der Waals surface area contributed by atoms with Gasteiger partial charge in [-0.25, -0.2) is 13.9 Å². The number of benzene rings is 3. The van der Waals surface area contributed by atoms with Gasteiger partial charge in [-0.2, -0.15) is 5.10 Å². The van der Waals surface area contributed by atoms with E-state index in [4.69, 9.17) is 11.7 Å². The Bertz CT molecular complexity index is 1590. The highest BCUT2D eigenvalue weighted by Crippen LogP contribution is 2.51. The zero-order chi connectivity index (χ0) is 25.7. The van der Waals surface area contributed by atoms with Crippen LogP contribution in [0.3, 0.4) is 0 Å². The van der Waals surface area contributed by atoms with Gasteiger partial charge in [-0.1, -0.05) is 74.5 Å². The van der Waals surface area contributed by atoms with Gasteiger partial charge in [-0.05, 0) is 54.2 Å². The summed E-state index contributed by atoms with van der Waals surface area (Å²) in [5, 5.41) is 5.12. The van der Waals surface area contributed by atoms with Crippen LogP contribution in [-0.2, 0) is 16.6 Å². The molecule has 182 valence electrons. The number of Topliss-reactive ketones (excluding diaryl/α,β-unsaturated/α-hetero) is 1. The van der Waals surface area contributed by atoms with Gasteiger partial charge in [0.15, 0.2) is 5.78 Å². The molecule has 4 aromatic rings. The minimum atomic E-state index is -0.587. The van der Waals surface area contributed by atoms with E-state index in [1.807, 2.05) is 54.1 Å². The fraction of sp³-hybridized carbons (Fsp3) is 0.219. The van der Waals surface area contributed by atoms with Crippen molar-refractivity contribution < 1.29 is 9.18 Å². The first kappa shape index (κ1) is 23.1. The average Bonchev–Trinajstić information content (AvgIpc) is 3.32. The van der Waals surface area contributed by atoms with Crippen LogP contribution in [0.25, 0.3) is 32.9 Å². The normalized spacial score (nSPS) is 22.5. The number of ketones is 1. The van der Waals surface area contributed by atoms with Crippen LogP contribution in [-0.4, -0.2) is 15.6 Å². The minimum absolute atomic E-state index is 0.0373. The fourth-order valence-corrected chi connectivity index (χ4v) is 6.24. The lowest BCUT2D eigenvalue weighted by Crippen LogP contribution is -2.45. The maximum Gasteiger partial charge on any atom is 0.226 e. The van der Waals surface area contributed by atoms with E-state index in [9.17, 15) is 4.79 Å². The van der Waals surface area contributed by atoms with Crippen LogP contribution in [0.4, 0.5) is 4.39 Å². The Morgan fingerprint density at radius 3 is 2.38 bits per heavy atom. The third kappa shape index (κ3) is 3.55. The van der Waals surface area contributed by atoms with Crippen LogP contribution in [0.15, 0.2) is 90.6 Å². The number of rotatable bonds is 3. The van der Waals surface area contributed by atoms with Crippen LogP contribution in [0.1, 0.15) is 31.5 Å². The van der Waals surface area contributed by atoms with Gasteiger partial charge >= 0.3 is 0 Å². The number of fused-ring (bicyclic) bond motifs is 3. The summed E-state index contributed by atoms with van der Waals surface area (Å²) in [5.74, 6) is -0.620. The van der Waals surface area contributed by atoms with Crippen LogP contribution >= 0.6 is 0 Å². The van der Waals surface area contributed by atoms with E-state index in [1.54, 1.807) is 12.1 Å². The maximum absolute atomic E-state index is 15.2. The van der Waals surface area contributed by atoms with E-state index in [2.05, 4.69) is 36.0 Å². The van der Waals surface area contributed by atoms with E-state index in [0.717, 1.165) is 40.2 Å². The highest BCUT2D eigenvalue weighted by atomic mass is 19.1. The van der Waals surface area contributed by atoms with Crippen molar-refractivity contribution in [2.45, 2.75) is 32.1 Å². The maximum atomic E-state index is 15.2. The summed E-state index contributed by atoms with van der Waals surface area (Å²) in [6.45, 7) is 11.6. The number of carbonyl (C=O) groups excluding carboxylic acids is 1. The molecule has 2 aliphatic rings. The first-order valence-electron chi connectivity index (χ1n) is 12.6. The summed E-state index contributed by atoms with van der Waals surface area (Å²) in [5.41, 5.74) is 5.68. The summed E-state index contributed by atoms with van der Waals surface area (Å²) < 4.78 is 17.1. The molecule has 37 heavy (non-hydrogen) atoms. The van der Waals surface area contributed by atoms with E-state index in [0.29, 0.717) is 12.0 Å². The van der Waals surface area contributed by atoms with Crippen LogP contribution < -0.4 is 0 Å². The molecule has 2 aliphatic carbocycles. The van der Waals surface area contributed by atoms with Crippen LogP contribution in [0.5, 0.6) is 0 Å². The predicted molar refractivity (Wildman–Crippen MR) is 142 cm³/mol. The lowest BCUT2D eigenvalue weighted by atomic mass is 9.58. The van der Waals surface area contributed by atoms with E-state index in [1.165, 1.54) is 6.07 Å². The average molecular weight is 488 g/mol. The number of allylic oxidation sites excluding steroid dienone is 2. The fourth-order valence-electron chi connectivity index (χ4n) is 6.24. The molecule has 0 fully saturated rings. The van der Waals surface area contributed by atoms with Gasteiger partial charge in [0.2, 0.25) is 5.70 Å². The third-order valence-corrected chi connectivity index (χ3v) is 8.14. The molecular formula is C32H26FN3O. The summed E-state index contributed by atoms with van der Waals surface area (Å²) in [6, 6.07) is 25.1. The second-order valence-corrected chi connectivity index (χ2v) is 10.2. The quantitative estimate of drug-likeness (QED) is 0.287. The topological polar surface area (TPSA) is 39.2 Å². The smallest absolute Gasteiger partial charge is 0.226 e. The monoisotopic (exact) mass is 487 g/mol. The van der Waals surface area contributed by atoms with Gasteiger partial charge in [0, 0.05) is 22.5 Å². The number of halogens is 1. The van der Waals surface area contributed by atoms with Crippen molar-refractivity contribution in [1.82, 2.24) is 9.78 Å². The molecule has 0 saturated carbocycles. The van der Waals surface area contributed by atoms with Crippen molar-refractivity contribution in [2.75, 3.05) is 0 Å². The molecular weight excluding hydrogens is 461 g/mol. The molecule has 0 amide bonds. The molecule has 1 heterocycles. The number of nitrogens with zero attached hydrogens (tertiary/aromatic N) is 3. The SMILES string of the molecule is [C-]#[N+]C1=C[C@@]2(C)c3nn(-c4ccc(-c5ccccc5)cc4)c(-c4ccccc4F)c3CC[C@@H]2[C@@H](C)C1=O. The standard InChI is InChI=1S/C32H26FN3O/c1-20-26-18-17-25-29(24-11-7-8-12-27(24)33)36(35-31(25)32(26,2)19-28(34-3)30(20)37)23-15-13-22(14-16-23)21-9-5-4-6-10-21/h4-16,19-20,26H,17-18H2,1-2H3/t20-,26-,32-/m1/s1. The highest BCUT2D eigenvalue weighted by molar-refractivity contribution is 6.00. The molecule has 3 atom stereocenters. The molecule has 0 aliphatic heterocycles. The molecule has 0 bridgehead atoms. The Balaban J connectivity index is 1.57. The van der Waals surface area contributed by atoms with Gasteiger partial charge < -0.3 is 4.79 Å². The molecule has 0 N–H and O–H groups in total. The van der Waals surface area contributed by atoms with Crippen LogP contribution in [0, 0.1) is 24.2 Å². The van der Waals surface area contributed by atoms with Gasteiger partial charge in [-0.15, -0.1) is 0 Å². The summed E-state index contributed by atoms with van der Waals surface area (Å²) >= 11 is 0. The second kappa shape index (κ2) is 8.67. The largest absolute Gasteiger partial charge is 0.308 e. The van der Waals surface area contributed by atoms with Crippen molar-refractivity contribution in [2.24, 2.45) is 11.8 Å². The van der Waals surface area contributed by atoms with Crippen molar-refractivity contribution in [3.05, 3.63) is 119 Å². The Morgan fingerprint density at radius 2 is 1.68 bits per heavy atom. The molecule has 0 unspecified atom stereocenters. The zero-order valence-electron chi connectivity index (χ0n) is 20.8. The highest BCUT2D eigenvalue weighted by Gasteiger charge is 2.50. The minimum Gasteiger partial charge on any atom is -0.308 e. The summed E-state index contributed by atoms with van der Waals surface area (Å²) in [6.07, 6.45) is 3.28. The Labute approximate surface area is 215 Å². The third-order valence-electron chi connectivity index (χ3n) is 8.14. The molecule has 3 aromatic carbocycles. The molecule has 0 spiro atoms. The van der Waals surface area contributed by atoms with E-state index >= 15 is 4.39 Å². The van der Waals surface area contributed by atoms with Crippen molar-refractivity contribution >= 4 is 5.78 Å². The van der Waals surface area contributed by atoms with Crippen LogP contribution in [0.2, 0.25) is 0 Å². The number of aromatic nitrogens is 2. The van der Waals surface area contributed by atoms with E-state index in [-0.39, 0.29) is 29.1 Å².